The minimum atomic E-state index is -0.527. The molecule has 3 rings (SSSR count). The van der Waals surface area contributed by atoms with E-state index < -0.39 is 18.3 Å². The number of carbonyl (C=O) groups excluding carboxylic acids is 2. The van der Waals surface area contributed by atoms with Crippen LogP contribution in [0.3, 0.4) is 0 Å². The van der Waals surface area contributed by atoms with Crippen molar-refractivity contribution in [3.05, 3.63) is 0 Å². The van der Waals surface area contributed by atoms with E-state index in [1.165, 1.54) is 0 Å². The second kappa shape index (κ2) is 17.4. The second-order valence-electron chi connectivity index (χ2n) is 15.7. The molecule has 3 unspecified atom stereocenters. The zero-order chi connectivity index (χ0) is 33.6. The second-order valence-corrected chi connectivity index (χ2v) is 15.7. The number of rotatable bonds is 7. The van der Waals surface area contributed by atoms with Crippen LogP contribution in [0.15, 0.2) is 0 Å². The molecule has 3 saturated heterocycles. The smallest absolute Gasteiger partial charge is 0.311 e. The van der Waals surface area contributed by atoms with E-state index in [-0.39, 0.29) is 72.0 Å². The Morgan fingerprint density at radius 2 is 1.27 bits per heavy atom. The minimum absolute atomic E-state index is 0.0254. The molecule has 0 saturated carbocycles. The first kappa shape index (κ1) is 38.4. The third-order valence-corrected chi connectivity index (χ3v) is 10.9. The molecule has 3 heterocycles. The van der Waals surface area contributed by atoms with Gasteiger partial charge in [0.2, 0.25) is 0 Å². The van der Waals surface area contributed by atoms with Gasteiger partial charge in [0.05, 0.1) is 30.3 Å². The van der Waals surface area contributed by atoms with Gasteiger partial charge in [-0.3, -0.25) is 9.59 Å². The fraction of sp³-hybridized carbons (Fsp3) is 0.946. The van der Waals surface area contributed by atoms with E-state index >= 15 is 0 Å². The van der Waals surface area contributed by atoms with Crippen LogP contribution in [0.5, 0.6) is 0 Å². The first-order chi connectivity index (χ1) is 21.1. The standard InChI is InChI=1S/C37H67NO7/c1-13-14-31-22(3)17-23(4)34(39)24(5)18-25(6)35(44-33-20-30(38(11)12)19-27(8)42-33)28(9)36(29(10)37(40)43-31)45-32-16-21(2)15-26(7)41-32/h21-33,35-36H,13-20H2,1-12H3/t21?,22-,23-,24-,25+,26?,27-,28-,29-,30?,31-,32+,33+,35+,36+/m1/s1. The lowest BCUT2D eigenvalue weighted by Gasteiger charge is -2.44. The Bertz CT molecular complexity index is 918. The Labute approximate surface area is 275 Å². The Morgan fingerprint density at radius 1 is 0.711 bits per heavy atom. The zero-order valence-corrected chi connectivity index (χ0v) is 30.6. The molecule has 0 spiro atoms. The van der Waals surface area contributed by atoms with Crippen molar-refractivity contribution in [1.29, 1.82) is 0 Å². The molecule has 0 aromatic carbocycles. The number of nitrogens with zero attached hydrogens (tertiary/aromatic N) is 1. The third-order valence-electron chi connectivity index (χ3n) is 10.9. The van der Waals surface area contributed by atoms with Crippen LogP contribution in [0, 0.1) is 41.4 Å². The van der Waals surface area contributed by atoms with E-state index in [4.69, 9.17) is 23.7 Å². The fourth-order valence-electron chi connectivity index (χ4n) is 8.30. The van der Waals surface area contributed by atoms with Crippen LogP contribution in [0.4, 0.5) is 0 Å². The lowest BCUT2D eigenvalue weighted by atomic mass is 9.77. The van der Waals surface area contributed by atoms with Gasteiger partial charge in [-0.05, 0) is 84.7 Å². The predicted molar refractivity (Wildman–Crippen MR) is 178 cm³/mol. The van der Waals surface area contributed by atoms with E-state index in [2.05, 4.69) is 74.4 Å². The number of hydrogen-bond donors (Lipinski definition) is 0. The number of hydrogen-bond acceptors (Lipinski definition) is 8. The van der Waals surface area contributed by atoms with Crippen LogP contribution in [-0.2, 0) is 33.3 Å². The minimum Gasteiger partial charge on any atom is -0.462 e. The Hall–Kier alpha value is -1.06. The summed E-state index contributed by atoms with van der Waals surface area (Å²) in [7, 11) is 4.22. The van der Waals surface area contributed by atoms with Crippen LogP contribution in [0.25, 0.3) is 0 Å². The van der Waals surface area contributed by atoms with Crippen molar-refractivity contribution < 1.29 is 33.3 Å². The molecule has 0 aliphatic carbocycles. The van der Waals surface area contributed by atoms with E-state index in [0.717, 1.165) is 38.5 Å². The number of ether oxygens (including phenoxy) is 5. The fourth-order valence-corrected chi connectivity index (χ4v) is 8.30. The lowest BCUT2D eigenvalue weighted by Crippen LogP contribution is -2.50. The van der Waals surface area contributed by atoms with Gasteiger partial charge in [0.1, 0.15) is 11.9 Å². The lowest BCUT2D eigenvalue weighted by molar-refractivity contribution is -0.267. The highest BCUT2D eigenvalue weighted by molar-refractivity contribution is 5.82. The van der Waals surface area contributed by atoms with Gasteiger partial charge < -0.3 is 28.6 Å². The summed E-state index contributed by atoms with van der Waals surface area (Å²) in [5, 5.41) is 0. The molecular weight excluding hydrogens is 570 g/mol. The van der Waals surface area contributed by atoms with E-state index in [0.29, 0.717) is 24.8 Å². The number of cyclic esters (lactones) is 1. The molecule has 0 aromatic heterocycles. The summed E-state index contributed by atoms with van der Waals surface area (Å²) in [5.74, 6) is -0.348. The highest BCUT2D eigenvalue weighted by atomic mass is 16.7. The highest BCUT2D eigenvalue weighted by Gasteiger charge is 2.44. The van der Waals surface area contributed by atoms with Gasteiger partial charge in [0.25, 0.3) is 0 Å². The van der Waals surface area contributed by atoms with Crippen molar-refractivity contribution in [2.45, 2.75) is 170 Å². The molecule has 45 heavy (non-hydrogen) atoms. The average molecular weight is 638 g/mol. The molecule has 8 nitrogen and oxygen atoms in total. The normalized spacial score (nSPS) is 44.8. The Kier molecular flexibility index (Phi) is 14.8. The molecule has 0 amide bonds. The molecule has 0 aromatic rings. The summed E-state index contributed by atoms with van der Waals surface area (Å²) >= 11 is 0. The molecular formula is C37H67NO7. The van der Waals surface area contributed by atoms with Gasteiger partial charge in [-0.25, -0.2) is 0 Å². The van der Waals surface area contributed by atoms with Gasteiger partial charge >= 0.3 is 5.97 Å². The summed E-state index contributed by atoms with van der Waals surface area (Å²) in [6.07, 6.45) is 4.87. The maximum atomic E-state index is 14.0. The molecule has 262 valence electrons. The van der Waals surface area contributed by atoms with Crippen LogP contribution in [0.1, 0.15) is 121 Å². The maximum absolute atomic E-state index is 14.0. The summed E-state index contributed by atoms with van der Waals surface area (Å²) in [6, 6.07) is 0.348. The highest BCUT2D eigenvalue weighted by Crippen LogP contribution is 2.37. The zero-order valence-electron chi connectivity index (χ0n) is 30.6. The summed E-state index contributed by atoms with van der Waals surface area (Å²) in [4.78, 5) is 29.9. The number of esters is 1. The number of ketones is 1. The van der Waals surface area contributed by atoms with E-state index in [1.807, 2.05) is 13.8 Å². The van der Waals surface area contributed by atoms with Gasteiger partial charge in [0, 0.05) is 36.6 Å². The van der Waals surface area contributed by atoms with Crippen molar-refractivity contribution >= 4 is 11.8 Å². The van der Waals surface area contributed by atoms with Crippen molar-refractivity contribution in [3.63, 3.8) is 0 Å². The maximum Gasteiger partial charge on any atom is 0.311 e. The molecule has 0 bridgehead atoms. The van der Waals surface area contributed by atoms with Gasteiger partial charge in [-0.2, -0.15) is 0 Å². The Morgan fingerprint density at radius 3 is 1.84 bits per heavy atom. The molecule has 3 fully saturated rings. The number of Topliss-reactive ketones (excluding diaryl/α,β-unsaturated/α-hetero) is 1. The van der Waals surface area contributed by atoms with Crippen LogP contribution in [0.2, 0.25) is 0 Å². The monoisotopic (exact) mass is 637 g/mol. The average Bonchev–Trinajstić information content (AvgIpc) is 2.95. The quantitative estimate of drug-likeness (QED) is 0.270. The SMILES string of the molecule is CCC[C@H]1OC(=O)[C@H](C)[C@@H](O[C@H]2CC(C)CC(C)O2)[C@H](C)[C@@H](O[C@H]2CC(N(C)C)C[C@@H](C)O2)[C@@H](C)C[C@@H](C)C(=O)[C@H](C)C[C@H]1C. The Balaban J connectivity index is 2.02. The van der Waals surface area contributed by atoms with Gasteiger partial charge in [-0.15, -0.1) is 0 Å². The van der Waals surface area contributed by atoms with Crippen LogP contribution < -0.4 is 0 Å². The molecule has 15 atom stereocenters. The predicted octanol–water partition coefficient (Wildman–Crippen LogP) is 7.26. The summed E-state index contributed by atoms with van der Waals surface area (Å²) in [5.41, 5.74) is 0. The van der Waals surface area contributed by atoms with Crippen LogP contribution >= 0.6 is 0 Å². The third kappa shape index (κ3) is 10.7. The van der Waals surface area contributed by atoms with Gasteiger partial charge in [-0.1, -0.05) is 54.9 Å². The molecule has 0 radical (unpaired) electrons. The molecule has 0 N–H and O–H groups in total. The van der Waals surface area contributed by atoms with Crippen molar-refractivity contribution in [2.24, 2.45) is 41.4 Å². The van der Waals surface area contributed by atoms with Crippen LogP contribution in [-0.4, -0.2) is 79.9 Å². The van der Waals surface area contributed by atoms with Crippen molar-refractivity contribution in [3.8, 4) is 0 Å². The topological polar surface area (TPSA) is 83.5 Å². The number of carbonyl (C=O) groups is 2. The van der Waals surface area contributed by atoms with E-state index in [9.17, 15) is 9.59 Å². The largest absolute Gasteiger partial charge is 0.462 e. The molecule has 3 aliphatic heterocycles. The molecule has 3 aliphatic rings. The van der Waals surface area contributed by atoms with Crippen molar-refractivity contribution in [2.75, 3.05) is 14.1 Å². The first-order valence-electron chi connectivity index (χ1n) is 18.1. The summed E-state index contributed by atoms with van der Waals surface area (Å²) < 4.78 is 32.8. The first-order valence-corrected chi connectivity index (χ1v) is 18.1. The summed E-state index contributed by atoms with van der Waals surface area (Å²) in [6.45, 7) is 21.0. The van der Waals surface area contributed by atoms with Crippen molar-refractivity contribution in [1.82, 2.24) is 4.90 Å². The van der Waals surface area contributed by atoms with Gasteiger partial charge in [0.15, 0.2) is 12.6 Å². The molecule has 8 heteroatoms. The van der Waals surface area contributed by atoms with E-state index in [1.54, 1.807) is 0 Å².